The lowest BCUT2D eigenvalue weighted by Gasteiger charge is -2.35. The number of anilines is 1. The number of hydrogen-bond acceptors (Lipinski definition) is 7. The minimum atomic E-state index is -0.897. The molecule has 2 aromatic heterocycles. The van der Waals surface area contributed by atoms with Gasteiger partial charge in [0.15, 0.2) is 0 Å². The molecule has 1 unspecified atom stereocenters. The normalized spacial score (nSPS) is 15.8. The van der Waals surface area contributed by atoms with Crippen LogP contribution < -0.4 is 9.64 Å². The smallest absolute Gasteiger partial charge is 0.414 e. The van der Waals surface area contributed by atoms with E-state index >= 15 is 0 Å². The van der Waals surface area contributed by atoms with Crippen LogP contribution in [0.25, 0.3) is 11.1 Å². The van der Waals surface area contributed by atoms with Crippen LogP contribution in [0.2, 0.25) is 0 Å². The van der Waals surface area contributed by atoms with Crippen LogP contribution in [0.5, 0.6) is 11.8 Å². The summed E-state index contributed by atoms with van der Waals surface area (Å²) in [6.07, 6.45) is 8.06. The number of aliphatic hydroxyl groups is 1. The predicted molar refractivity (Wildman–Crippen MR) is 123 cm³/mol. The molecular formula is C24H29N5O4. The van der Waals surface area contributed by atoms with Gasteiger partial charge in [0.25, 0.3) is 0 Å². The van der Waals surface area contributed by atoms with Crippen molar-refractivity contribution in [3.8, 4) is 22.9 Å². The van der Waals surface area contributed by atoms with Crippen molar-refractivity contribution in [1.82, 2.24) is 19.7 Å². The number of carbonyl (C=O) groups excluding carboxylic acids is 1. The number of hydrogen-bond donors (Lipinski definition) is 1. The van der Waals surface area contributed by atoms with E-state index in [9.17, 15) is 9.90 Å². The third-order valence-electron chi connectivity index (χ3n) is 5.56. The van der Waals surface area contributed by atoms with E-state index in [1.165, 1.54) is 7.11 Å². The first kappa shape index (κ1) is 22.7. The second-order valence-corrected chi connectivity index (χ2v) is 9.05. The lowest BCUT2D eigenvalue weighted by atomic mass is 9.92. The Morgan fingerprint density at radius 1 is 1.24 bits per heavy atom. The Kier molecular flexibility index (Phi) is 6.07. The van der Waals surface area contributed by atoms with E-state index in [-0.39, 0.29) is 12.1 Å². The van der Waals surface area contributed by atoms with Crippen molar-refractivity contribution in [1.29, 1.82) is 0 Å². The highest BCUT2D eigenvalue weighted by atomic mass is 16.5. The number of rotatable bonds is 5. The second-order valence-electron chi connectivity index (χ2n) is 9.05. The fraction of sp³-hybridized carbons (Fsp3) is 0.417. The summed E-state index contributed by atoms with van der Waals surface area (Å²) in [7, 11) is 1.38. The molecule has 1 aliphatic rings. The maximum absolute atomic E-state index is 12.5. The molecule has 1 N–H and O–H groups in total. The molecule has 1 aromatic carbocycles. The highest BCUT2D eigenvalue weighted by Crippen LogP contribution is 2.44. The molecule has 3 heterocycles. The number of amides is 1. The van der Waals surface area contributed by atoms with Gasteiger partial charge in [-0.25, -0.2) is 14.8 Å². The van der Waals surface area contributed by atoms with E-state index in [0.717, 1.165) is 40.8 Å². The second kappa shape index (κ2) is 8.82. The summed E-state index contributed by atoms with van der Waals surface area (Å²) in [6, 6.07) is 4.03. The molecule has 9 heteroatoms. The maximum Gasteiger partial charge on any atom is 0.414 e. The number of nitrogens with zero attached hydrogens (tertiary/aromatic N) is 5. The SMILES string of the molecule is COC(=O)N1c2ccc(-c3cnn(CC(C)(C)O)c3)c(Oc3ncc(C)cn3)c2CCC1C. The minimum absolute atomic E-state index is 0.00573. The quantitative estimate of drug-likeness (QED) is 0.622. The van der Waals surface area contributed by atoms with Gasteiger partial charge in [-0.15, -0.1) is 0 Å². The van der Waals surface area contributed by atoms with Crippen LogP contribution >= 0.6 is 0 Å². The third-order valence-corrected chi connectivity index (χ3v) is 5.56. The molecule has 0 radical (unpaired) electrons. The zero-order valence-electron chi connectivity index (χ0n) is 19.6. The van der Waals surface area contributed by atoms with E-state index in [1.807, 2.05) is 32.2 Å². The number of methoxy groups -OCH3 is 1. The summed E-state index contributed by atoms with van der Waals surface area (Å²) in [5, 5.41) is 14.6. The fourth-order valence-corrected chi connectivity index (χ4v) is 4.04. The van der Waals surface area contributed by atoms with Gasteiger partial charge in [-0.05, 0) is 58.2 Å². The van der Waals surface area contributed by atoms with Gasteiger partial charge in [-0.2, -0.15) is 5.10 Å². The van der Waals surface area contributed by atoms with Gasteiger partial charge in [0.1, 0.15) is 5.75 Å². The molecule has 0 fully saturated rings. The van der Waals surface area contributed by atoms with Crippen molar-refractivity contribution < 1.29 is 19.4 Å². The number of carbonyl (C=O) groups is 1. The van der Waals surface area contributed by atoms with Crippen LogP contribution in [0, 0.1) is 6.92 Å². The summed E-state index contributed by atoms with van der Waals surface area (Å²) in [5.74, 6) is 0.583. The highest BCUT2D eigenvalue weighted by Gasteiger charge is 2.32. The number of ether oxygens (including phenoxy) is 2. The first-order valence-corrected chi connectivity index (χ1v) is 10.9. The molecule has 33 heavy (non-hydrogen) atoms. The number of benzene rings is 1. The summed E-state index contributed by atoms with van der Waals surface area (Å²) < 4.78 is 13.0. The van der Waals surface area contributed by atoms with Gasteiger partial charge >= 0.3 is 12.1 Å². The summed E-state index contributed by atoms with van der Waals surface area (Å²) >= 11 is 0. The Morgan fingerprint density at radius 3 is 2.64 bits per heavy atom. The monoisotopic (exact) mass is 451 g/mol. The zero-order valence-corrected chi connectivity index (χ0v) is 19.6. The van der Waals surface area contributed by atoms with Gasteiger partial charge < -0.3 is 14.6 Å². The standard InChI is InChI=1S/C24H29N5O4/c1-15-10-25-22(26-11-15)33-21-18(17-12-27-28(13-17)14-24(3,4)31)8-9-20-19(21)7-6-16(2)29(20)23(30)32-5/h8-13,16,31H,6-7,14H2,1-5H3. The fourth-order valence-electron chi connectivity index (χ4n) is 4.04. The van der Waals surface area contributed by atoms with Crippen LogP contribution in [0.15, 0.2) is 36.9 Å². The van der Waals surface area contributed by atoms with Crippen molar-refractivity contribution in [3.05, 3.63) is 48.0 Å². The van der Waals surface area contributed by atoms with Gasteiger partial charge in [-0.1, -0.05) is 0 Å². The summed E-state index contributed by atoms with van der Waals surface area (Å²) in [5.41, 5.74) is 3.29. The number of aromatic nitrogens is 4. The lowest BCUT2D eigenvalue weighted by molar-refractivity contribution is 0.0577. The molecule has 0 saturated heterocycles. The van der Waals surface area contributed by atoms with E-state index in [4.69, 9.17) is 9.47 Å². The van der Waals surface area contributed by atoms with Crippen LogP contribution in [0.4, 0.5) is 10.5 Å². The molecule has 1 aliphatic heterocycles. The van der Waals surface area contributed by atoms with Crippen LogP contribution in [-0.4, -0.2) is 49.7 Å². The van der Waals surface area contributed by atoms with Gasteiger partial charge in [0.05, 0.1) is 31.1 Å². The van der Waals surface area contributed by atoms with E-state index in [2.05, 4.69) is 15.1 Å². The molecule has 0 saturated carbocycles. The first-order chi connectivity index (χ1) is 15.7. The minimum Gasteiger partial charge on any atom is -0.452 e. The topological polar surface area (TPSA) is 103 Å². The number of aryl methyl sites for hydroxylation is 1. The van der Waals surface area contributed by atoms with Crippen LogP contribution in [0.1, 0.15) is 38.3 Å². The first-order valence-electron chi connectivity index (χ1n) is 10.9. The highest BCUT2D eigenvalue weighted by molar-refractivity contribution is 5.92. The summed E-state index contributed by atoms with van der Waals surface area (Å²) in [6.45, 7) is 7.73. The number of fused-ring (bicyclic) bond motifs is 1. The van der Waals surface area contributed by atoms with E-state index in [1.54, 1.807) is 42.0 Å². The van der Waals surface area contributed by atoms with Gasteiger partial charge in [0.2, 0.25) is 0 Å². The van der Waals surface area contributed by atoms with Crippen molar-refractivity contribution in [2.24, 2.45) is 0 Å². The Bertz CT molecular complexity index is 1150. The molecule has 0 spiro atoms. The third kappa shape index (κ3) is 4.83. The maximum atomic E-state index is 12.5. The lowest BCUT2D eigenvalue weighted by Crippen LogP contribution is -2.42. The summed E-state index contributed by atoms with van der Waals surface area (Å²) in [4.78, 5) is 22.8. The Labute approximate surface area is 193 Å². The molecule has 174 valence electrons. The Balaban J connectivity index is 1.83. The Morgan fingerprint density at radius 2 is 1.97 bits per heavy atom. The molecule has 1 amide bonds. The van der Waals surface area contributed by atoms with E-state index < -0.39 is 11.7 Å². The van der Waals surface area contributed by atoms with Crippen molar-refractivity contribution >= 4 is 11.8 Å². The van der Waals surface area contributed by atoms with Crippen LogP contribution in [0.3, 0.4) is 0 Å². The Hall–Kier alpha value is -3.46. The molecule has 3 aromatic rings. The van der Waals surface area contributed by atoms with E-state index in [0.29, 0.717) is 12.3 Å². The molecule has 0 bridgehead atoms. The van der Waals surface area contributed by atoms with Crippen molar-refractivity contribution in [2.45, 2.75) is 58.7 Å². The molecule has 0 aliphatic carbocycles. The molecule has 1 atom stereocenters. The molecule has 9 nitrogen and oxygen atoms in total. The van der Waals surface area contributed by atoms with Gasteiger partial charge in [-0.3, -0.25) is 9.58 Å². The van der Waals surface area contributed by atoms with Crippen molar-refractivity contribution in [3.63, 3.8) is 0 Å². The molecular weight excluding hydrogens is 422 g/mol. The molecule has 4 rings (SSSR count). The van der Waals surface area contributed by atoms with Crippen LogP contribution in [-0.2, 0) is 17.7 Å². The average molecular weight is 452 g/mol. The van der Waals surface area contributed by atoms with Gasteiger partial charge in [0, 0.05) is 41.3 Å². The average Bonchev–Trinajstić information content (AvgIpc) is 3.21. The largest absolute Gasteiger partial charge is 0.452 e. The van der Waals surface area contributed by atoms with Crippen molar-refractivity contribution in [2.75, 3.05) is 12.0 Å². The zero-order chi connectivity index (χ0) is 23.8. The predicted octanol–water partition coefficient (Wildman–Crippen LogP) is 4.12.